The lowest BCUT2D eigenvalue weighted by Crippen LogP contribution is -2.40. The lowest BCUT2D eigenvalue weighted by Gasteiger charge is -2.29. The van der Waals surface area contributed by atoms with Gasteiger partial charge in [0.2, 0.25) is 0 Å². The molecule has 33 heavy (non-hydrogen) atoms. The van der Waals surface area contributed by atoms with Gasteiger partial charge in [-0.05, 0) is 49.9 Å². The van der Waals surface area contributed by atoms with Gasteiger partial charge in [-0.1, -0.05) is 49.6 Å². The van der Waals surface area contributed by atoms with Crippen LogP contribution < -0.4 is 0 Å². The Morgan fingerprint density at radius 2 is 1.52 bits per heavy atom. The molecular formula is C26H29NO5S. The normalized spacial score (nSPS) is 17.0. The minimum Gasteiger partial charge on any atom is -0.294 e. The zero-order valence-electron chi connectivity index (χ0n) is 19.0. The Balaban J connectivity index is 1.47. The third kappa shape index (κ3) is 4.78. The number of sulfone groups is 1. The van der Waals surface area contributed by atoms with Crippen molar-refractivity contribution in [2.45, 2.75) is 69.4 Å². The molecular weight excluding hydrogens is 438 g/mol. The maximum atomic E-state index is 13.0. The van der Waals surface area contributed by atoms with E-state index >= 15 is 0 Å². The number of hydrogen-bond donors (Lipinski definition) is 0. The smallest absolute Gasteiger partial charge is 0.261 e. The fourth-order valence-electron chi connectivity index (χ4n) is 4.56. The Kier molecular flexibility index (Phi) is 6.52. The monoisotopic (exact) mass is 467 g/mol. The Morgan fingerprint density at radius 1 is 0.909 bits per heavy atom. The number of benzene rings is 2. The van der Waals surface area contributed by atoms with E-state index in [0.29, 0.717) is 27.8 Å². The number of carbonyl (C=O) groups excluding carboxylic acids is 3. The van der Waals surface area contributed by atoms with Gasteiger partial charge in [-0.15, -0.1) is 0 Å². The predicted molar refractivity (Wildman–Crippen MR) is 126 cm³/mol. The maximum absolute atomic E-state index is 13.0. The molecule has 6 nitrogen and oxygen atoms in total. The number of rotatable bonds is 7. The molecule has 0 spiro atoms. The number of carbonyl (C=O) groups is 3. The number of hydrogen-bond acceptors (Lipinski definition) is 5. The summed E-state index contributed by atoms with van der Waals surface area (Å²) in [6.07, 6.45) is 5.00. The highest BCUT2D eigenvalue weighted by molar-refractivity contribution is 7.91. The molecule has 0 saturated heterocycles. The van der Waals surface area contributed by atoms with Crippen LogP contribution in [0.15, 0.2) is 42.5 Å². The molecule has 0 unspecified atom stereocenters. The van der Waals surface area contributed by atoms with Gasteiger partial charge in [0, 0.05) is 18.0 Å². The van der Waals surface area contributed by atoms with Crippen LogP contribution in [0.4, 0.5) is 0 Å². The SMILES string of the molecule is CC(C)S(=O)(=O)Cc1ccc(C(=O)Cc2ccc3c(c2)C(=O)N(C2CCCCC2)C3=O)cc1. The predicted octanol–water partition coefficient (Wildman–Crippen LogP) is 4.36. The molecule has 174 valence electrons. The van der Waals surface area contributed by atoms with Gasteiger partial charge in [-0.25, -0.2) is 8.42 Å². The molecule has 4 rings (SSSR count). The maximum Gasteiger partial charge on any atom is 0.261 e. The average molecular weight is 468 g/mol. The van der Waals surface area contributed by atoms with Crippen LogP contribution in [0.2, 0.25) is 0 Å². The van der Waals surface area contributed by atoms with E-state index in [1.807, 2.05) is 0 Å². The Labute approximate surface area is 194 Å². The first kappa shape index (κ1) is 23.4. The van der Waals surface area contributed by atoms with E-state index < -0.39 is 15.1 Å². The van der Waals surface area contributed by atoms with E-state index in [4.69, 9.17) is 0 Å². The van der Waals surface area contributed by atoms with Gasteiger partial charge >= 0.3 is 0 Å². The summed E-state index contributed by atoms with van der Waals surface area (Å²) in [7, 11) is -3.21. The summed E-state index contributed by atoms with van der Waals surface area (Å²) in [5.74, 6) is -0.676. The standard InChI is InChI=1S/C26H29NO5S/c1-17(2)33(31,32)16-18-8-11-20(12-9-18)24(28)15-19-10-13-22-23(14-19)26(30)27(25(22)29)21-6-4-3-5-7-21/h8-14,17,21H,3-7,15-16H2,1-2H3. The molecule has 2 amide bonds. The molecule has 1 aliphatic carbocycles. The highest BCUT2D eigenvalue weighted by atomic mass is 32.2. The summed E-state index contributed by atoms with van der Waals surface area (Å²) in [5.41, 5.74) is 2.59. The zero-order chi connectivity index (χ0) is 23.8. The summed E-state index contributed by atoms with van der Waals surface area (Å²) in [4.78, 5) is 40.0. The molecule has 2 aliphatic rings. The summed E-state index contributed by atoms with van der Waals surface area (Å²) >= 11 is 0. The lowest BCUT2D eigenvalue weighted by molar-refractivity contribution is 0.0548. The van der Waals surface area contributed by atoms with E-state index in [1.165, 1.54) is 4.90 Å². The first-order chi connectivity index (χ1) is 15.7. The molecule has 1 fully saturated rings. The molecule has 0 N–H and O–H groups in total. The second kappa shape index (κ2) is 9.21. The van der Waals surface area contributed by atoms with Crippen molar-refractivity contribution in [3.8, 4) is 0 Å². The minimum absolute atomic E-state index is 0.0331. The van der Waals surface area contributed by atoms with Crippen LogP contribution in [0.1, 0.15) is 88.2 Å². The summed E-state index contributed by atoms with van der Waals surface area (Å²) in [6.45, 7) is 3.30. The summed E-state index contributed by atoms with van der Waals surface area (Å²) in [6, 6.07) is 11.6. The van der Waals surface area contributed by atoms with Gasteiger partial charge in [-0.2, -0.15) is 0 Å². The number of ketones is 1. The molecule has 0 aromatic heterocycles. The van der Waals surface area contributed by atoms with Crippen LogP contribution >= 0.6 is 0 Å². The van der Waals surface area contributed by atoms with E-state index in [0.717, 1.165) is 32.1 Å². The third-order valence-electron chi connectivity index (χ3n) is 6.65. The number of Topliss-reactive ketones (excluding diaryl/α,β-unsaturated/α-hetero) is 1. The highest BCUT2D eigenvalue weighted by Gasteiger charge is 2.40. The molecule has 1 heterocycles. The third-order valence-corrected chi connectivity index (χ3v) is 8.82. The topological polar surface area (TPSA) is 88.6 Å². The number of fused-ring (bicyclic) bond motifs is 1. The lowest BCUT2D eigenvalue weighted by atomic mass is 9.94. The van der Waals surface area contributed by atoms with E-state index in [1.54, 1.807) is 56.3 Å². The van der Waals surface area contributed by atoms with E-state index in [-0.39, 0.29) is 35.8 Å². The quantitative estimate of drug-likeness (QED) is 0.446. The number of nitrogens with zero attached hydrogens (tertiary/aromatic N) is 1. The first-order valence-corrected chi connectivity index (χ1v) is 13.2. The van der Waals surface area contributed by atoms with E-state index in [9.17, 15) is 22.8 Å². The van der Waals surface area contributed by atoms with Gasteiger partial charge < -0.3 is 0 Å². The molecule has 0 radical (unpaired) electrons. The Morgan fingerprint density at radius 3 is 2.15 bits per heavy atom. The van der Waals surface area contributed by atoms with Gasteiger partial charge in [0.15, 0.2) is 15.6 Å². The van der Waals surface area contributed by atoms with Crippen molar-refractivity contribution >= 4 is 27.4 Å². The van der Waals surface area contributed by atoms with Gasteiger partial charge in [-0.3, -0.25) is 19.3 Å². The first-order valence-electron chi connectivity index (χ1n) is 11.5. The number of imide groups is 1. The zero-order valence-corrected chi connectivity index (χ0v) is 19.9. The summed E-state index contributed by atoms with van der Waals surface area (Å²) in [5, 5.41) is -0.456. The van der Waals surface area contributed by atoms with Crippen LogP contribution in [0, 0.1) is 0 Å². The van der Waals surface area contributed by atoms with Crippen LogP contribution in [0.3, 0.4) is 0 Å². The van der Waals surface area contributed by atoms with Crippen molar-refractivity contribution in [1.82, 2.24) is 4.90 Å². The van der Waals surface area contributed by atoms with Crippen molar-refractivity contribution in [2.75, 3.05) is 0 Å². The molecule has 2 aromatic rings. The van der Waals surface area contributed by atoms with Crippen molar-refractivity contribution in [2.24, 2.45) is 0 Å². The Hall–Kier alpha value is -2.80. The number of amides is 2. The summed E-state index contributed by atoms with van der Waals surface area (Å²) < 4.78 is 24.2. The largest absolute Gasteiger partial charge is 0.294 e. The molecule has 7 heteroatoms. The second-order valence-corrected chi connectivity index (χ2v) is 11.9. The van der Waals surface area contributed by atoms with Gasteiger partial charge in [0.25, 0.3) is 11.8 Å². The Bertz CT molecular complexity index is 1190. The van der Waals surface area contributed by atoms with Crippen LogP contribution in [0.5, 0.6) is 0 Å². The van der Waals surface area contributed by atoms with Crippen LogP contribution in [-0.2, 0) is 22.0 Å². The van der Waals surface area contributed by atoms with Crippen molar-refractivity contribution < 1.29 is 22.8 Å². The van der Waals surface area contributed by atoms with Crippen molar-refractivity contribution in [3.05, 3.63) is 70.3 Å². The van der Waals surface area contributed by atoms with Crippen molar-refractivity contribution in [3.63, 3.8) is 0 Å². The second-order valence-electron chi connectivity index (χ2n) is 9.30. The van der Waals surface area contributed by atoms with Gasteiger partial charge in [0.05, 0.1) is 22.1 Å². The highest BCUT2D eigenvalue weighted by Crippen LogP contribution is 2.31. The van der Waals surface area contributed by atoms with Crippen molar-refractivity contribution in [1.29, 1.82) is 0 Å². The van der Waals surface area contributed by atoms with Crippen LogP contribution in [0.25, 0.3) is 0 Å². The average Bonchev–Trinajstić information content (AvgIpc) is 3.04. The fraction of sp³-hybridized carbons (Fsp3) is 0.423. The molecule has 2 aromatic carbocycles. The van der Waals surface area contributed by atoms with Gasteiger partial charge in [0.1, 0.15) is 0 Å². The molecule has 0 atom stereocenters. The molecule has 1 saturated carbocycles. The van der Waals surface area contributed by atoms with E-state index in [2.05, 4.69) is 0 Å². The molecule has 0 bridgehead atoms. The van der Waals surface area contributed by atoms with Crippen LogP contribution in [-0.4, -0.2) is 42.2 Å². The molecule has 1 aliphatic heterocycles. The minimum atomic E-state index is -3.21. The fourth-order valence-corrected chi connectivity index (χ4v) is 5.55.